The Morgan fingerprint density at radius 2 is 2.14 bits per heavy atom. The summed E-state index contributed by atoms with van der Waals surface area (Å²) in [5.74, 6) is -1.62. The lowest BCUT2D eigenvalue weighted by Crippen LogP contribution is -2.34. The first kappa shape index (κ1) is 16.7. The fraction of sp³-hybridized carbons (Fsp3) is 0.467. The van der Waals surface area contributed by atoms with Crippen molar-refractivity contribution in [3.63, 3.8) is 0 Å². The number of amides is 2. The Labute approximate surface area is 132 Å². The van der Waals surface area contributed by atoms with E-state index in [0.29, 0.717) is 6.54 Å². The van der Waals surface area contributed by atoms with Crippen LogP contribution in [0.1, 0.15) is 31.2 Å². The van der Waals surface area contributed by atoms with Gasteiger partial charge in [0.25, 0.3) is 0 Å². The minimum Gasteiger partial charge on any atom is -0.356 e. The molecular weight excluding hydrogens is 310 g/mol. The summed E-state index contributed by atoms with van der Waals surface area (Å²) in [6, 6.07) is 3.34. The van der Waals surface area contributed by atoms with E-state index >= 15 is 0 Å². The summed E-state index contributed by atoms with van der Waals surface area (Å²) >= 11 is 1.30. The quantitative estimate of drug-likeness (QED) is 0.903. The van der Waals surface area contributed by atoms with Crippen LogP contribution in [-0.2, 0) is 9.59 Å². The van der Waals surface area contributed by atoms with Crippen LogP contribution in [-0.4, -0.2) is 35.1 Å². The van der Waals surface area contributed by atoms with Crippen LogP contribution in [0.4, 0.5) is 8.78 Å². The third-order valence-corrected chi connectivity index (χ3v) is 4.81. The van der Waals surface area contributed by atoms with Gasteiger partial charge >= 0.3 is 0 Å². The fourth-order valence-corrected chi connectivity index (χ4v) is 3.68. The normalized spacial score (nSPS) is 21.3. The number of hydrogen-bond donors (Lipinski definition) is 1. The van der Waals surface area contributed by atoms with Crippen LogP contribution in [0, 0.1) is 11.6 Å². The van der Waals surface area contributed by atoms with Crippen molar-refractivity contribution in [3.05, 3.63) is 35.4 Å². The third-order valence-electron chi connectivity index (χ3n) is 3.43. The number of carbonyl (C=O) groups excluding carboxylic acids is 2. The number of thioether (sulfide) groups is 1. The highest BCUT2D eigenvalue weighted by Gasteiger charge is 2.39. The van der Waals surface area contributed by atoms with E-state index in [2.05, 4.69) is 5.32 Å². The van der Waals surface area contributed by atoms with E-state index in [1.165, 1.54) is 28.8 Å². The smallest absolute Gasteiger partial charge is 0.236 e. The van der Waals surface area contributed by atoms with Gasteiger partial charge in [0.15, 0.2) is 0 Å². The second-order valence-corrected chi connectivity index (χ2v) is 6.46. The summed E-state index contributed by atoms with van der Waals surface area (Å²) in [6.45, 7) is 4.29. The Kier molecular flexibility index (Phi) is 5.39. The highest BCUT2D eigenvalue weighted by atomic mass is 32.2. The molecule has 0 spiro atoms. The maximum atomic E-state index is 14.0. The average Bonchev–Trinajstić information content (AvgIpc) is 2.73. The van der Waals surface area contributed by atoms with Gasteiger partial charge in [-0.2, -0.15) is 0 Å². The predicted octanol–water partition coefficient (Wildman–Crippen LogP) is 2.45. The first-order valence-corrected chi connectivity index (χ1v) is 8.06. The zero-order valence-electron chi connectivity index (χ0n) is 12.4. The standard InChI is InChI=1S/C15H18F2N2O2S/c1-3-18-13(20)6-7-19-14(21)9(2)22-15(19)11-5-4-10(16)8-12(11)17/h4-5,8-9,15H,3,6-7H2,1-2H3,(H,18,20)/t9-,15-/m0/s1. The molecule has 1 aliphatic rings. The van der Waals surface area contributed by atoms with Crippen molar-refractivity contribution < 1.29 is 18.4 Å². The van der Waals surface area contributed by atoms with E-state index in [9.17, 15) is 18.4 Å². The van der Waals surface area contributed by atoms with Gasteiger partial charge in [0.1, 0.15) is 17.0 Å². The lowest BCUT2D eigenvalue weighted by atomic mass is 10.1. The topological polar surface area (TPSA) is 49.4 Å². The monoisotopic (exact) mass is 328 g/mol. The van der Waals surface area contributed by atoms with Gasteiger partial charge in [0.2, 0.25) is 11.8 Å². The van der Waals surface area contributed by atoms with Crippen LogP contribution in [0.15, 0.2) is 18.2 Å². The molecule has 1 N–H and O–H groups in total. The Bertz CT molecular complexity index is 583. The SMILES string of the molecule is CCNC(=O)CCN1C(=O)[C@H](C)S[C@H]1c1ccc(F)cc1F. The maximum Gasteiger partial charge on any atom is 0.236 e. The predicted molar refractivity (Wildman–Crippen MR) is 81.2 cm³/mol. The van der Waals surface area contributed by atoms with Crippen molar-refractivity contribution in [3.8, 4) is 0 Å². The molecule has 1 saturated heterocycles. The number of nitrogens with one attached hydrogen (secondary N) is 1. The molecule has 1 aromatic rings. The largest absolute Gasteiger partial charge is 0.356 e. The van der Waals surface area contributed by atoms with Crippen LogP contribution in [0.3, 0.4) is 0 Å². The molecule has 0 aliphatic carbocycles. The minimum absolute atomic E-state index is 0.136. The molecule has 0 saturated carbocycles. The van der Waals surface area contributed by atoms with Crippen molar-refractivity contribution in [2.45, 2.75) is 30.9 Å². The highest BCUT2D eigenvalue weighted by Crippen LogP contribution is 2.43. The van der Waals surface area contributed by atoms with Crippen LogP contribution in [0.25, 0.3) is 0 Å². The van der Waals surface area contributed by atoms with Gasteiger partial charge in [0.05, 0.1) is 5.25 Å². The summed E-state index contributed by atoms with van der Waals surface area (Å²) in [6.07, 6.45) is 0.159. The number of halogens is 2. The van der Waals surface area contributed by atoms with Gasteiger partial charge in [-0.3, -0.25) is 9.59 Å². The molecule has 0 aromatic heterocycles. The zero-order chi connectivity index (χ0) is 16.3. The number of benzene rings is 1. The van der Waals surface area contributed by atoms with Gasteiger partial charge in [-0.1, -0.05) is 6.07 Å². The highest BCUT2D eigenvalue weighted by molar-refractivity contribution is 8.01. The zero-order valence-corrected chi connectivity index (χ0v) is 13.3. The van der Waals surface area contributed by atoms with E-state index in [-0.39, 0.29) is 35.6 Å². The van der Waals surface area contributed by atoms with Crippen molar-refractivity contribution in [2.24, 2.45) is 0 Å². The van der Waals surface area contributed by atoms with Crippen LogP contribution < -0.4 is 5.32 Å². The van der Waals surface area contributed by atoms with Gasteiger partial charge in [0, 0.05) is 31.1 Å². The van der Waals surface area contributed by atoms with Crippen molar-refractivity contribution in [1.82, 2.24) is 10.2 Å². The molecule has 120 valence electrons. The second kappa shape index (κ2) is 7.09. The lowest BCUT2D eigenvalue weighted by molar-refractivity contribution is -0.130. The summed E-state index contributed by atoms with van der Waals surface area (Å²) in [5.41, 5.74) is 0.264. The van der Waals surface area contributed by atoms with Crippen LogP contribution >= 0.6 is 11.8 Å². The van der Waals surface area contributed by atoms with Gasteiger partial charge in [-0.25, -0.2) is 8.78 Å². The van der Waals surface area contributed by atoms with Gasteiger partial charge in [-0.15, -0.1) is 11.8 Å². The van der Waals surface area contributed by atoms with Gasteiger partial charge < -0.3 is 10.2 Å². The molecule has 2 amide bonds. The molecule has 4 nitrogen and oxygen atoms in total. The number of hydrogen-bond acceptors (Lipinski definition) is 3. The van der Waals surface area contributed by atoms with Crippen molar-refractivity contribution in [1.29, 1.82) is 0 Å². The first-order valence-electron chi connectivity index (χ1n) is 7.11. The van der Waals surface area contributed by atoms with Crippen LogP contribution in [0.2, 0.25) is 0 Å². The maximum absolute atomic E-state index is 14.0. The molecule has 0 bridgehead atoms. The number of rotatable bonds is 5. The van der Waals surface area contributed by atoms with E-state index < -0.39 is 17.0 Å². The molecule has 2 atom stereocenters. The molecule has 0 unspecified atom stereocenters. The molecule has 2 rings (SSSR count). The first-order chi connectivity index (χ1) is 10.4. The van der Waals surface area contributed by atoms with Crippen LogP contribution in [0.5, 0.6) is 0 Å². The third kappa shape index (κ3) is 3.58. The summed E-state index contributed by atoms with van der Waals surface area (Å²) < 4.78 is 27.0. The van der Waals surface area contributed by atoms with Gasteiger partial charge in [-0.05, 0) is 19.9 Å². The molecule has 0 radical (unpaired) electrons. The molecule has 1 aliphatic heterocycles. The molecule has 1 heterocycles. The Hall–Kier alpha value is -1.63. The van der Waals surface area contributed by atoms with E-state index in [1.54, 1.807) is 6.92 Å². The van der Waals surface area contributed by atoms with Crippen molar-refractivity contribution >= 4 is 23.6 Å². The molecular formula is C15H18F2N2O2S. The molecule has 1 fully saturated rings. The second-order valence-electron chi connectivity index (χ2n) is 5.03. The summed E-state index contributed by atoms with van der Waals surface area (Å²) in [4.78, 5) is 25.3. The van der Waals surface area contributed by atoms with E-state index in [1.807, 2.05) is 6.92 Å². The molecule has 7 heteroatoms. The average molecular weight is 328 g/mol. The Morgan fingerprint density at radius 3 is 2.77 bits per heavy atom. The molecule has 1 aromatic carbocycles. The Morgan fingerprint density at radius 1 is 1.41 bits per heavy atom. The number of nitrogens with zero attached hydrogens (tertiary/aromatic N) is 1. The number of carbonyl (C=O) groups is 2. The lowest BCUT2D eigenvalue weighted by Gasteiger charge is -2.24. The summed E-state index contributed by atoms with van der Waals surface area (Å²) in [7, 11) is 0. The van der Waals surface area contributed by atoms with Crippen molar-refractivity contribution in [2.75, 3.05) is 13.1 Å². The van der Waals surface area contributed by atoms with E-state index in [0.717, 1.165) is 6.07 Å². The Balaban J connectivity index is 2.17. The fourth-order valence-electron chi connectivity index (χ4n) is 2.35. The minimum atomic E-state index is -0.678. The summed E-state index contributed by atoms with van der Waals surface area (Å²) in [5, 5.41) is 1.82. The molecule has 22 heavy (non-hydrogen) atoms. The van der Waals surface area contributed by atoms with E-state index in [4.69, 9.17) is 0 Å².